The molecule has 2 rings (SSSR count). The van der Waals surface area contributed by atoms with Crippen molar-refractivity contribution in [3.8, 4) is 0 Å². The van der Waals surface area contributed by atoms with Crippen LogP contribution in [0.2, 0.25) is 0 Å². The lowest BCUT2D eigenvalue weighted by molar-refractivity contribution is 0.168. The third kappa shape index (κ3) is 2.86. The van der Waals surface area contributed by atoms with Crippen LogP contribution in [0.15, 0.2) is 18.2 Å². The second-order valence-electron chi connectivity index (χ2n) is 6.04. The van der Waals surface area contributed by atoms with E-state index in [2.05, 4.69) is 45.9 Å². The van der Waals surface area contributed by atoms with Gasteiger partial charge in [-0.05, 0) is 28.5 Å². The highest BCUT2D eigenvalue weighted by atomic mass is 32.2. The molecule has 0 bridgehead atoms. The monoisotopic (exact) mass is 250 g/mol. The molecule has 1 nitrogen and oxygen atoms in total. The van der Waals surface area contributed by atoms with E-state index in [0.29, 0.717) is 5.25 Å². The number of fused-ring (bicyclic) bond motifs is 1. The number of hydrogen-bond donors (Lipinski definition) is 1. The highest BCUT2D eigenvalue weighted by Gasteiger charge is 2.23. The number of aliphatic hydroxyl groups excluding tert-OH is 1. The van der Waals surface area contributed by atoms with Crippen LogP contribution < -0.4 is 0 Å². The Balaban J connectivity index is 2.41. The lowest BCUT2D eigenvalue weighted by atomic mass is 9.84. The number of aliphatic hydroxyl groups is 1. The minimum Gasteiger partial charge on any atom is -0.388 e. The van der Waals surface area contributed by atoms with Gasteiger partial charge in [0.05, 0.1) is 6.10 Å². The lowest BCUT2D eigenvalue weighted by Gasteiger charge is -2.22. The molecule has 0 saturated carbocycles. The van der Waals surface area contributed by atoms with E-state index in [1.54, 1.807) is 0 Å². The average molecular weight is 250 g/mol. The summed E-state index contributed by atoms with van der Waals surface area (Å²) < 4.78 is 0. The van der Waals surface area contributed by atoms with Crippen LogP contribution in [0.25, 0.3) is 0 Å². The minimum absolute atomic E-state index is 0.153. The van der Waals surface area contributed by atoms with E-state index in [4.69, 9.17) is 0 Å². The van der Waals surface area contributed by atoms with E-state index >= 15 is 0 Å². The molecule has 0 aliphatic carbocycles. The number of rotatable bonds is 0. The maximum Gasteiger partial charge on any atom is 0.0803 e. The molecular formula is C15H22OS. The lowest BCUT2D eigenvalue weighted by Crippen LogP contribution is -2.13. The van der Waals surface area contributed by atoms with Gasteiger partial charge in [-0.15, -0.1) is 0 Å². The molecule has 0 fully saturated rings. The van der Waals surface area contributed by atoms with E-state index in [0.717, 1.165) is 17.7 Å². The van der Waals surface area contributed by atoms with Crippen LogP contribution >= 0.6 is 11.8 Å². The van der Waals surface area contributed by atoms with Crippen molar-refractivity contribution in [2.24, 2.45) is 0 Å². The van der Waals surface area contributed by atoms with Gasteiger partial charge in [-0.3, -0.25) is 0 Å². The largest absolute Gasteiger partial charge is 0.388 e. The Kier molecular flexibility index (Phi) is 3.55. The van der Waals surface area contributed by atoms with Gasteiger partial charge in [0.25, 0.3) is 0 Å². The van der Waals surface area contributed by atoms with E-state index < -0.39 is 0 Å². The second-order valence-corrected chi connectivity index (χ2v) is 7.46. The number of benzene rings is 1. The summed E-state index contributed by atoms with van der Waals surface area (Å²) in [7, 11) is 0. The first-order valence-corrected chi connectivity index (χ1v) is 7.36. The third-order valence-corrected chi connectivity index (χ3v) is 4.69. The van der Waals surface area contributed by atoms with Gasteiger partial charge in [-0.25, -0.2) is 0 Å². The second kappa shape index (κ2) is 4.66. The van der Waals surface area contributed by atoms with Crippen LogP contribution in [-0.2, 0) is 11.2 Å². The third-order valence-electron chi connectivity index (χ3n) is 3.45. The maximum atomic E-state index is 10.3. The van der Waals surface area contributed by atoms with Crippen molar-refractivity contribution < 1.29 is 5.11 Å². The highest BCUT2D eigenvalue weighted by Crippen LogP contribution is 2.36. The summed E-state index contributed by atoms with van der Waals surface area (Å²) in [6.07, 6.45) is 0.572. The van der Waals surface area contributed by atoms with Gasteiger partial charge in [-0.1, -0.05) is 45.9 Å². The first kappa shape index (κ1) is 13.0. The molecule has 0 spiro atoms. The molecule has 0 radical (unpaired) electrons. The van der Waals surface area contributed by atoms with Crippen LogP contribution in [0.5, 0.6) is 0 Å². The number of thioether (sulfide) groups is 1. The van der Waals surface area contributed by atoms with E-state index in [1.807, 2.05) is 11.8 Å². The van der Waals surface area contributed by atoms with Crippen molar-refractivity contribution in [2.45, 2.75) is 56.6 Å². The van der Waals surface area contributed by atoms with Crippen molar-refractivity contribution in [3.05, 3.63) is 34.9 Å². The summed E-state index contributed by atoms with van der Waals surface area (Å²) in [6, 6.07) is 6.62. The van der Waals surface area contributed by atoms with E-state index in [1.165, 1.54) is 11.1 Å². The Labute approximate surface area is 109 Å². The fourth-order valence-corrected chi connectivity index (χ4v) is 3.29. The molecule has 2 heteroatoms. The molecule has 0 amide bonds. The van der Waals surface area contributed by atoms with Gasteiger partial charge >= 0.3 is 0 Å². The van der Waals surface area contributed by atoms with Crippen molar-refractivity contribution >= 4 is 11.8 Å². The fraction of sp³-hybridized carbons (Fsp3) is 0.600. The Hall–Kier alpha value is -0.470. The van der Waals surface area contributed by atoms with Crippen molar-refractivity contribution in [2.75, 3.05) is 0 Å². The molecule has 2 atom stereocenters. The zero-order valence-corrected chi connectivity index (χ0v) is 12.0. The molecule has 17 heavy (non-hydrogen) atoms. The normalized spacial score (nSPS) is 25.2. The Morgan fingerprint density at radius 1 is 1.29 bits per heavy atom. The summed E-state index contributed by atoms with van der Waals surface area (Å²) in [5, 5.41) is 10.8. The average Bonchev–Trinajstić information content (AvgIpc) is 2.37. The molecule has 0 saturated heterocycles. The Morgan fingerprint density at radius 2 is 2.00 bits per heavy atom. The van der Waals surface area contributed by atoms with E-state index in [-0.39, 0.29) is 11.5 Å². The van der Waals surface area contributed by atoms with Crippen LogP contribution in [0.3, 0.4) is 0 Å². The molecule has 1 N–H and O–H groups in total. The van der Waals surface area contributed by atoms with Crippen molar-refractivity contribution in [1.82, 2.24) is 0 Å². The van der Waals surface area contributed by atoms with Gasteiger partial charge < -0.3 is 5.11 Å². The smallest absolute Gasteiger partial charge is 0.0803 e. The molecule has 1 aromatic rings. The molecule has 94 valence electrons. The highest BCUT2D eigenvalue weighted by molar-refractivity contribution is 7.99. The summed E-state index contributed by atoms with van der Waals surface area (Å²) in [5.41, 5.74) is 3.92. The summed E-state index contributed by atoms with van der Waals surface area (Å²) in [5.74, 6) is 1.03. The van der Waals surface area contributed by atoms with Gasteiger partial charge in [0, 0.05) is 11.0 Å². The number of hydrogen-bond acceptors (Lipinski definition) is 2. The predicted molar refractivity (Wildman–Crippen MR) is 75.5 cm³/mol. The maximum absolute atomic E-state index is 10.3. The molecule has 1 heterocycles. The van der Waals surface area contributed by atoms with Gasteiger partial charge in [0.2, 0.25) is 0 Å². The van der Waals surface area contributed by atoms with Crippen LogP contribution in [0, 0.1) is 0 Å². The molecule has 1 aliphatic rings. The molecule has 0 aromatic heterocycles. The fourth-order valence-electron chi connectivity index (χ4n) is 2.24. The summed E-state index contributed by atoms with van der Waals surface area (Å²) in [6.45, 7) is 8.85. The standard InChI is InChI=1S/C15H22OS/c1-10-7-14(16)13-8-12(15(2,3)4)6-5-11(13)9-17-10/h5-6,8,10,14,16H,7,9H2,1-4H3. The quantitative estimate of drug-likeness (QED) is 0.750. The van der Waals surface area contributed by atoms with Gasteiger partial charge in [0.1, 0.15) is 0 Å². The first-order chi connectivity index (χ1) is 7.88. The molecule has 1 aliphatic heterocycles. The van der Waals surface area contributed by atoms with E-state index in [9.17, 15) is 5.11 Å². The van der Waals surface area contributed by atoms with Crippen molar-refractivity contribution in [1.29, 1.82) is 0 Å². The van der Waals surface area contributed by atoms with Crippen molar-refractivity contribution in [3.63, 3.8) is 0 Å². The molecule has 1 aromatic carbocycles. The van der Waals surface area contributed by atoms with Crippen LogP contribution in [0.1, 0.15) is 56.9 Å². The van der Waals surface area contributed by atoms with Gasteiger partial charge in [0.15, 0.2) is 0 Å². The van der Waals surface area contributed by atoms with Crippen LogP contribution in [-0.4, -0.2) is 10.4 Å². The predicted octanol–water partition coefficient (Wildman–Crippen LogP) is 4.04. The summed E-state index contributed by atoms with van der Waals surface area (Å²) in [4.78, 5) is 0. The summed E-state index contributed by atoms with van der Waals surface area (Å²) >= 11 is 1.94. The van der Waals surface area contributed by atoms with Crippen LogP contribution in [0.4, 0.5) is 0 Å². The topological polar surface area (TPSA) is 20.2 Å². The zero-order chi connectivity index (χ0) is 12.6. The Morgan fingerprint density at radius 3 is 2.65 bits per heavy atom. The Bertz CT molecular complexity index is 406. The zero-order valence-electron chi connectivity index (χ0n) is 11.2. The molecular weight excluding hydrogens is 228 g/mol. The first-order valence-electron chi connectivity index (χ1n) is 6.31. The SMILES string of the molecule is CC1CC(O)c2cc(C(C)(C)C)ccc2CS1. The molecule has 2 unspecified atom stereocenters. The minimum atomic E-state index is -0.294. The van der Waals surface area contributed by atoms with Gasteiger partial charge in [-0.2, -0.15) is 11.8 Å².